The van der Waals surface area contributed by atoms with Crippen molar-refractivity contribution in [2.24, 2.45) is 0 Å². The summed E-state index contributed by atoms with van der Waals surface area (Å²) < 4.78 is 0. The molecule has 0 radical (unpaired) electrons. The summed E-state index contributed by atoms with van der Waals surface area (Å²) in [6.45, 7) is 1.83. The molecular formula is C25H22N4O4. The maximum Gasteiger partial charge on any atom is 0.326 e. The van der Waals surface area contributed by atoms with Crippen LogP contribution in [0.2, 0.25) is 0 Å². The van der Waals surface area contributed by atoms with Crippen molar-refractivity contribution < 1.29 is 14.7 Å². The number of fused-ring (bicyclic) bond motifs is 1. The van der Waals surface area contributed by atoms with Gasteiger partial charge in [-0.05, 0) is 30.2 Å². The van der Waals surface area contributed by atoms with Gasteiger partial charge in [0.1, 0.15) is 6.04 Å². The van der Waals surface area contributed by atoms with Crippen molar-refractivity contribution in [1.29, 1.82) is 0 Å². The molecule has 1 unspecified atom stereocenters. The molecule has 0 saturated heterocycles. The molecule has 0 aliphatic heterocycles. The largest absolute Gasteiger partial charge is 0.480 e. The Kier molecular flexibility index (Phi) is 6.17. The van der Waals surface area contributed by atoms with E-state index in [1.807, 2.05) is 61.5 Å². The maximum atomic E-state index is 12.6. The van der Waals surface area contributed by atoms with E-state index in [0.717, 1.165) is 11.1 Å². The van der Waals surface area contributed by atoms with Crippen molar-refractivity contribution in [3.8, 4) is 11.3 Å². The Labute approximate surface area is 189 Å². The number of benzene rings is 3. The number of rotatable bonds is 6. The second-order valence-corrected chi connectivity index (χ2v) is 7.66. The molecule has 0 aliphatic rings. The third-order valence-corrected chi connectivity index (χ3v) is 5.34. The fourth-order valence-electron chi connectivity index (χ4n) is 3.61. The number of aromatic nitrogens is 2. The van der Waals surface area contributed by atoms with Crippen LogP contribution in [0, 0.1) is 6.92 Å². The molecule has 0 spiro atoms. The highest BCUT2D eigenvalue weighted by atomic mass is 16.4. The zero-order valence-electron chi connectivity index (χ0n) is 17.8. The van der Waals surface area contributed by atoms with Crippen LogP contribution in [0.3, 0.4) is 0 Å². The molecule has 0 bridgehead atoms. The number of aryl methyl sites for hydroxylation is 1. The number of anilines is 1. The molecule has 1 heterocycles. The van der Waals surface area contributed by atoms with E-state index in [1.54, 1.807) is 18.2 Å². The zero-order valence-corrected chi connectivity index (χ0v) is 17.8. The van der Waals surface area contributed by atoms with Crippen LogP contribution in [0.4, 0.5) is 10.5 Å². The summed E-state index contributed by atoms with van der Waals surface area (Å²) in [4.78, 5) is 36.4. The van der Waals surface area contributed by atoms with Crippen molar-refractivity contribution in [1.82, 2.24) is 15.5 Å². The molecule has 4 aromatic rings. The molecule has 0 fully saturated rings. The van der Waals surface area contributed by atoms with Gasteiger partial charge in [-0.2, -0.15) is 5.10 Å². The third kappa shape index (κ3) is 4.90. The van der Waals surface area contributed by atoms with Crippen LogP contribution >= 0.6 is 0 Å². The Bertz CT molecular complexity index is 1380. The van der Waals surface area contributed by atoms with E-state index >= 15 is 0 Å². The van der Waals surface area contributed by atoms with Crippen molar-refractivity contribution in [2.45, 2.75) is 19.4 Å². The number of hydrogen-bond donors (Lipinski definition) is 4. The van der Waals surface area contributed by atoms with Crippen molar-refractivity contribution in [2.75, 3.05) is 5.32 Å². The first-order valence-electron chi connectivity index (χ1n) is 10.3. The number of nitrogens with one attached hydrogen (secondary N) is 3. The van der Waals surface area contributed by atoms with Gasteiger partial charge in [-0.1, -0.05) is 60.7 Å². The number of hydrogen-bond acceptors (Lipinski definition) is 4. The first-order valence-corrected chi connectivity index (χ1v) is 10.3. The fourth-order valence-corrected chi connectivity index (χ4v) is 3.61. The second-order valence-electron chi connectivity index (χ2n) is 7.66. The predicted molar refractivity (Wildman–Crippen MR) is 126 cm³/mol. The lowest BCUT2D eigenvalue weighted by Gasteiger charge is -2.17. The highest BCUT2D eigenvalue weighted by Crippen LogP contribution is 2.28. The molecule has 4 rings (SSSR count). The van der Waals surface area contributed by atoms with E-state index in [2.05, 4.69) is 20.8 Å². The first kappa shape index (κ1) is 21.8. The van der Waals surface area contributed by atoms with E-state index in [-0.39, 0.29) is 12.0 Å². The minimum atomic E-state index is -1.12. The van der Waals surface area contributed by atoms with Gasteiger partial charge in [0.05, 0.1) is 11.1 Å². The summed E-state index contributed by atoms with van der Waals surface area (Å²) in [7, 11) is 0. The van der Waals surface area contributed by atoms with Gasteiger partial charge < -0.3 is 15.7 Å². The number of H-pyrrole nitrogens is 1. The predicted octanol–water partition coefficient (Wildman–Crippen LogP) is 3.72. The van der Waals surface area contributed by atoms with Crippen LogP contribution in [-0.2, 0) is 11.2 Å². The van der Waals surface area contributed by atoms with Gasteiger partial charge in [-0.3, -0.25) is 4.79 Å². The van der Waals surface area contributed by atoms with E-state index in [1.165, 1.54) is 0 Å². The van der Waals surface area contributed by atoms with Crippen LogP contribution < -0.4 is 16.2 Å². The molecule has 4 N–H and O–H groups in total. The maximum absolute atomic E-state index is 12.6. The smallest absolute Gasteiger partial charge is 0.326 e. The number of carboxylic acids is 1. The third-order valence-electron chi connectivity index (χ3n) is 5.34. The molecule has 8 nitrogen and oxygen atoms in total. The zero-order chi connectivity index (χ0) is 23.4. The highest BCUT2D eigenvalue weighted by molar-refractivity contribution is 5.96. The number of carboxylic acid groups (broad SMARTS) is 1. The lowest BCUT2D eigenvalue weighted by molar-refractivity contribution is -0.139. The molecule has 33 heavy (non-hydrogen) atoms. The highest BCUT2D eigenvalue weighted by Gasteiger charge is 2.21. The van der Waals surface area contributed by atoms with Crippen LogP contribution in [0.15, 0.2) is 77.6 Å². The SMILES string of the molecule is Cc1ccc(-c2n[nH]c(=O)c3ccccc23)cc1NC(=O)NC(Cc1ccccc1)C(=O)O. The van der Waals surface area contributed by atoms with Gasteiger partial charge in [0.15, 0.2) is 0 Å². The van der Waals surface area contributed by atoms with Crippen LogP contribution in [0.1, 0.15) is 11.1 Å². The number of nitrogens with zero attached hydrogens (tertiary/aromatic N) is 1. The summed E-state index contributed by atoms with van der Waals surface area (Å²) in [6.07, 6.45) is 0.163. The van der Waals surface area contributed by atoms with Gasteiger partial charge >= 0.3 is 12.0 Å². The molecule has 0 saturated carbocycles. The Morgan fingerprint density at radius 2 is 1.70 bits per heavy atom. The Morgan fingerprint density at radius 3 is 2.42 bits per heavy atom. The monoisotopic (exact) mass is 442 g/mol. The van der Waals surface area contributed by atoms with E-state index in [4.69, 9.17) is 0 Å². The lowest BCUT2D eigenvalue weighted by Crippen LogP contribution is -2.44. The summed E-state index contributed by atoms with van der Waals surface area (Å²) >= 11 is 0. The topological polar surface area (TPSA) is 124 Å². The van der Waals surface area contributed by atoms with Gasteiger partial charge in [0, 0.05) is 23.1 Å². The quantitative estimate of drug-likeness (QED) is 0.362. The number of carbonyl (C=O) groups is 2. The van der Waals surface area contributed by atoms with Gasteiger partial charge in [-0.25, -0.2) is 14.7 Å². The average Bonchev–Trinajstić information content (AvgIpc) is 2.81. The lowest BCUT2D eigenvalue weighted by atomic mass is 10.0. The molecule has 1 atom stereocenters. The molecule has 0 aliphatic carbocycles. The number of aromatic amines is 1. The Hall–Kier alpha value is -4.46. The van der Waals surface area contributed by atoms with E-state index < -0.39 is 18.0 Å². The van der Waals surface area contributed by atoms with Crippen LogP contribution in [0.5, 0.6) is 0 Å². The number of carbonyl (C=O) groups excluding carboxylic acids is 1. The number of aliphatic carboxylic acids is 1. The molecule has 1 aromatic heterocycles. The second kappa shape index (κ2) is 9.35. The molecule has 166 valence electrons. The van der Waals surface area contributed by atoms with Crippen molar-refractivity contribution >= 4 is 28.5 Å². The standard InChI is InChI=1S/C25H22N4O4/c1-15-11-12-17(22-18-9-5-6-10-19(18)23(30)29-28-22)14-20(15)26-25(33)27-21(24(31)32)13-16-7-3-2-4-8-16/h2-12,14,21H,13H2,1H3,(H,29,30)(H,31,32)(H2,26,27,33). The molecule has 2 amide bonds. The molecule has 3 aromatic carbocycles. The summed E-state index contributed by atoms with van der Waals surface area (Å²) in [5.41, 5.74) is 3.09. The summed E-state index contributed by atoms with van der Waals surface area (Å²) in [5, 5.41) is 22.7. The van der Waals surface area contributed by atoms with Crippen molar-refractivity contribution in [3.05, 3.63) is 94.3 Å². The minimum Gasteiger partial charge on any atom is -0.480 e. The van der Waals surface area contributed by atoms with E-state index in [9.17, 15) is 19.5 Å². The van der Waals surface area contributed by atoms with Gasteiger partial charge in [0.2, 0.25) is 0 Å². The Morgan fingerprint density at radius 1 is 1.00 bits per heavy atom. The number of amides is 2. The molecular weight excluding hydrogens is 420 g/mol. The molecule has 8 heteroatoms. The summed E-state index contributed by atoms with van der Waals surface area (Å²) in [5.74, 6) is -1.12. The summed E-state index contributed by atoms with van der Waals surface area (Å²) in [6, 6.07) is 19.9. The number of urea groups is 1. The van der Waals surface area contributed by atoms with Crippen LogP contribution in [-0.4, -0.2) is 33.3 Å². The van der Waals surface area contributed by atoms with Gasteiger partial charge in [-0.15, -0.1) is 0 Å². The fraction of sp³-hybridized carbons (Fsp3) is 0.120. The van der Waals surface area contributed by atoms with Gasteiger partial charge in [0.25, 0.3) is 5.56 Å². The van der Waals surface area contributed by atoms with E-state index in [0.29, 0.717) is 27.7 Å². The van der Waals surface area contributed by atoms with Crippen LogP contribution in [0.25, 0.3) is 22.0 Å². The average molecular weight is 442 g/mol. The normalized spacial score (nSPS) is 11.7. The Balaban J connectivity index is 1.57. The van der Waals surface area contributed by atoms with Crippen molar-refractivity contribution in [3.63, 3.8) is 0 Å². The first-order chi connectivity index (χ1) is 15.9. The minimum absolute atomic E-state index is 0.163.